The molecule has 5 heteroatoms. The van der Waals surface area contributed by atoms with Gasteiger partial charge in [0.25, 0.3) is 0 Å². The number of nitrogens with two attached hydrogens (primary N) is 1. The molecule has 1 aromatic heterocycles. The quantitative estimate of drug-likeness (QED) is 0.801. The van der Waals surface area contributed by atoms with Gasteiger partial charge >= 0.3 is 0 Å². The van der Waals surface area contributed by atoms with Gasteiger partial charge in [0, 0.05) is 26.5 Å². The molecule has 2 rings (SSSR count). The Kier molecular flexibility index (Phi) is 5.28. The van der Waals surface area contributed by atoms with Gasteiger partial charge in [-0.3, -0.25) is 0 Å². The second kappa shape index (κ2) is 6.75. The zero-order valence-corrected chi connectivity index (χ0v) is 13.8. The molecule has 2 nitrogen and oxygen atoms in total. The maximum atomic E-state index is 6.10. The van der Waals surface area contributed by atoms with Crippen LogP contribution in [-0.2, 0) is 6.42 Å². The van der Waals surface area contributed by atoms with E-state index in [1.54, 1.807) is 0 Å². The van der Waals surface area contributed by atoms with E-state index in [1.165, 1.54) is 9.75 Å². The number of hydrogen-bond donors (Lipinski definition) is 2. The monoisotopic (exact) mass is 358 g/mol. The predicted molar refractivity (Wildman–Crippen MR) is 88.3 cm³/mol. The van der Waals surface area contributed by atoms with Crippen molar-refractivity contribution in [2.45, 2.75) is 19.4 Å². The molecule has 1 unspecified atom stereocenters. The summed E-state index contributed by atoms with van der Waals surface area (Å²) in [6.45, 7) is 2.71. The van der Waals surface area contributed by atoms with Gasteiger partial charge in [-0.05, 0) is 52.7 Å². The fraction of sp³-hybridized carbons (Fsp3) is 0.286. The average molecular weight is 360 g/mol. The first-order chi connectivity index (χ1) is 9.13. The first-order valence-corrected chi connectivity index (χ1v) is 8.13. The van der Waals surface area contributed by atoms with E-state index in [1.807, 2.05) is 29.5 Å². The minimum Gasteiger partial charge on any atom is -0.376 e. The fourth-order valence-corrected chi connectivity index (χ4v) is 3.25. The lowest BCUT2D eigenvalue weighted by atomic mass is 10.2. The lowest BCUT2D eigenvalue weighted by Gasteiger charge is -2.17. The third-order valence-electron chi connectivity index (χ3n) is 2.87. The van der Waals surface area contributed by atoms with Crippen LogP contribution in [0.25, 0.3) is 0 Å². The molecule has 0 amide bonds. The van der Waals surface area contributed by atoms with Crippen LogP contribution in [0.2, 0.25) is 5.02 Å². The standard InChI is InChI=1S/C14H16BrClN2S/c1-2-10-4-6-14(19-10)13(8-17)18-9-3-5-11(15)12(16)7-9/h3-7,13,18H,2,8,17H2,1H3. The third kappa shape index (κ3) is 3.72. The zero-order chi connectivity index (χ0) is 13.8. The zero-order valence-electron chi connectivity index (χ0n) is 10.6. The van der Waals surface area contributed by atoms with Crippen molar-refractivity contribution in [3.63, 3.8) is 0 Å². The average Bonchev–Trinajstić information content (AvgIpc) is 2.88. The molecule has 0 saturated carbocycles. The predicted octanol–water partition coefficient (Wildman–Crippen LogP) is 4.84. The van der Waals surface area contributed by atoms with E-state index in [9.17, 15) is 0 Å². The lowest BCUT2D eigenvalue weighted by molar-refractivity contribution is 0.806. The molecule has 0 aliphatic rings. The van der Waals surface area contributed by atoms with Gasteiger partial charge in [-0.2, -0.15) is 0 Å². The minimum atomic E-state index is 0.127. The molecule has 0 aliphatic heterocycles. The van der Waals surface area contributed by atoms with Crippen molar-refractivity contribution in [2.24, 2.45) is 5.73 Å². The SMILES string of the molecule is CCc1ccc(C(CN)Nc2ccc(Br)c(Cl)c2)s1. The number of anilines is 1. The summed E-state index contributed by atoms with van der Waals surface area (Å²) in [6, 6.07) is 10.3. The number of halogens is 2. The normalized spacial score (nSPS) is 12.4. The molecule has 1 atom stereocenters. The molecule has 0 spiro atoms. The summed E-state index contributed by atoms with van der Waals surface area (Å²) in [4.78, 5) is 2.64. The Morgan fingerprint density at radius 3 is 2.74 bits per heavy atom. The highest BCUT2D eigenvalue weighted by atomic mass is 79.9. The topological polar surface area (TPSA) is 38.0 Å². The molecular formula is C14H16BrClN2S. The highest BCUT2D eigenvalue weighted by Crippen LogP contribution is 2.29. The van der Waals surface area contributed by atoms with Crippen molar-refractivity contribution in [3.05, 3.63) is 49.6 Å². The Hall–Kier alpha value is -0.550. The Labute approximate surface area is 131 Å². The van der Waals surface area contributed by atoms with Crippen LogP contribution in [-0.4, -0.2) is 6.54 Å². The molecular weight excluding hydrogens is 344 g/mol. The van der Waals surface area contributed by atoms with Crippen LogP contribution in [0.4, 0.5) is 5.69 Å². The van der Waals surface area contributed by atoms with Gasteiger partial charge < -0.3 is 11.1 Å². The van der Waals surface area contributed by atoms with E-state index >= 15 is 0 Å². The van der Waals surface area contributed by atoms with Crippen LogP contribution in [0.5, 0.6) is 0 Å². The van der Waals surface area contributed by atoms with Gasteiger partial charge in [-0.1, -0.05) is 18.5 Å². The van der Waals surface area contributed by atoms with Crippen molar-refractivity contribution in [1.82, 2.24) is 0 Å². The van der Waals surface area contributed by atoms with Gasteiger partial charge in [0.1, 0.15) is 0 Å². The van der Waals surface area contributed by atoms with Crippen LogP contribution in [0, 0.1) is 0 Å². The molecule has 102 valence electrons. The first-order valence-electron chi connectivity index (χ1n) is 6.14. The van der Waals surface area contributed by atoms with Crippen molar-refractivity contribution in [3.8, 4) is 0 Å². The van der Waals surface area contributed by atoms with Gasteiger partial charge in [-0.25, -0.2) is 0 Å². The second-order valence-corrected chi connectivity index (χ2v) is 6.68. The Morgan fingerprint density at radius 1 is 1.37 bits per heavy atom. The van der Waals surface area contributed by atoms with Crippen LogP contribution in [0.3, 0.4) is 0 Å². The second-order valence-electron chi connectivity index (χ2n) is 4.22. The van der Waals surface area contributed by atoms with Crippen molar-refractivity contribution >= 4 is 44.6 Å². The van der Waals surface area contributed by atoms with Gasteiger partial charge in [0.15, 0.2) is 0 Å². The highest BCUT2D eigenvalue weighted by Gasteiger charge is 2.12. The number of nitrogens with one attached hydrogen (secondary N) is 1. The number of hydrogen-bond acceptors (Lipinski definition) is 3. The van der Waals surface area contributed by atoms with Crippen LogP contribution < -0.4 is 11.1 Å². The fourth-order valence-electron chi connectivity index (χ4n) is 1.81. The van der Waals surface area contributed by atoms with Crippen molar-refractivity contribution in [1.29, 1.82) is 0 Å². The van der Waals surface area contributed by atoms with Gasteiger partial charge in [-0.15, -0.1) is 11.3 Å². The molecule has 1 aromatic carbocycles. The Bertz CT molecular complexity index is 556. The minimum absolute atomic E-state index is 0.127. The van der Waals surface area contributed by atoms with E-state index in [2.05, 4.69) is 40.3 Å². The third-order valence-corrected chi connectivity index (χ3v) is 5.45. The Morgan fingerprint density at radius 2 is 2.16 bits per heavy atom. The number of rotatable bonds is 5. The molecule has 0 saturated heterocycles. The molecule has 0 aliphatic carbocycles. The van der Waals surface area contributed by atoms with E-state index in [0.29, 0.717) is 11.6 Å². The maximum Gasteiger partial charge on any atom is 0.0728 e. The van der Waals surface area contributed by atoms with Crippen LogP contribution in [0.15, 0.2) is 34.8 Å². The van der Waals surface area contributed by atoms with Gasteiger partial charge in [0.2, 0.25) is 0 Å². The van der Waals surface area contributed by atoms with Crippen LogP contribution >= 0.6 is 38.9 Å². The lowest BCUT2D eigenvalue weighted by Crippen LogP contribution is -2.19. The molecule has 0 fully saturated rings. The van der Waals surface area contributed by atoms with Crippen molar-refractivity contribution in [2.75, 3.05) is 11.9 Å². The summed E-state index contributed by atoms with van der Waals surface area (Å²) in [5, 5.41) is 4.13. The molecule has 3 N–H and O–H groups in total. The first kappa shape index (κ1) is 14.9. The number of benzene rings is 1. The Balaban J connectivity index is 2.16. The van der Waals surface area contributed by atoms with E-state index in [0.717, 1.165) is 16.6 Å². The van der Waals surface area contributed by atoms with Crippen LogP contribution in [0.1, 0.15) is 22.7 Å². The largest absolute Gasteiger partial charge is 0.376 e. The molecule has 0 bridgehead atoms. The summed E-state index contributed by atoms with van der Waals surface area (Å²) in [5.41, 5.74) is 6.85. The summed E-state index contributed by atoms with van der Waals surface area (Å²) in [6.07, 6.45) is 1.06. The van der Waals surface area contributed by atoms with Gasteiger partial charge in [0.05, 0.1) is 11.1 Å². The number of aryl methyl sites for hydroxylation is 1. The highest BCUT2D eigenvalue weighted by molar-refractivity contribution is 9.10. The molecule has 1 heterocycles. The van der Waals surface area contributed by atoms with E-state index in [4.69, 9.17) is 17.3 Å². The molecule has 2 aromatic rings. The van der Waals surface area contributed by atoms with E-state index in [-0.39, 0.29) is 6.04 Å². The molecule has 0 radical (unpaired) electrons. The van der Waals surface area contributed by atoms with E-state index < -0.39 is 0 Å². The maximum absolute atomic E-state index is 6.10. The van der Waals surface area contributed by atoms with Crippen molar-refractivity contribution < 1.29 is 0 Å². The molecule has 19 heavy (non-hydrogen) atoms. The summed E-state index contributed by atoms with van der Waals surface area (Å²) >= 11 is 11.3. The number of thiophene rings is 1. The summed E-state index contributed by atoms with van der Waals surface area (Å²) in [5.74, 6) is 0. The summed E-state index contributed by atoms with van der Waals surface area (Å²) in [7, 11) is 0. The smallest absolute Gasteiger partial charge is 0.0728 e. The summed E-state index contributed by atoms with van der Waals surface area (Å²) < 4.78 is 0.897.